The van der Waals surface area contributed by atoms with Crippen molar-refractivity contribution in [2.75, 3.05) is 0 Å². The Morgan fingerprint density at radius 3 is 2.29 bits per heavy atom. The highest BCUT2D eigenvalue weighted by atomic mass is 19.1. The first-order valence-electron chi connectivity index (χ1n) is 13.0. The number of rotatable bonds is 5. The summed E-state index contributed by atoms with van der Waals surface area (Å²) in [5, 5.41) is 19.3. The minimum Gasteiger partial charge on any atom is -0.390 e. The molecule has 7 heteroatoms. The molecule has 5 nitrogen and oxygen atoms in total. The zero-order chi connectivity index (χ0) is 27.2. The molecule has 2 aliphatic rings. The Labute approximate surface area is 221 Å². The van der Waals surface area contributed by atoms with E-state index in [2.05, 4.69) is 0 Å². The zero-order valence-corrected chi connectivity index (χ0v) is 21.5. The van der Waals surface area contributed by atoms with Gasteiger partial charge in [-0.15, -0.1) is 0 Å². The predicted octanol–water partition coefficient (Wildman–Crippen LogP) is 5.58. The standard InChI is InChI=1S/C31H31F2N3O2/c1-31(2,38)16-18-3-9-26(29(33)11-18)25-10-6-20(12-27(25)19-4-5-21(17-34)28(32)13-19)30(37)36-23-7-8-24(36)15-22(35)14-23/h3-6,9-13,22-24,38H,7-8,14-16,35H2,1-2H3/t22-,23+,24-. The minimum absolute atomic E-state index is 0.0917. The fourth-order valence-electron chi connectivity index (χ4n) is 6.01. The molecule has 38 heavy (non-hydrogen) atoms. The van der Waals surface area contributed by atoms with Gasteiger partial charge in [-0.25, -0.2) is 8.78 Å². The van der Waals surface area contributed by atoms with Crippen molar-refractivity contribution < 1.29 is 18.7 Å². The Kier molecular flexibility index (Phi) is 6.81. The van der Waals surface area contributed by atoms with E-state index in [-0.39, 0.29) is 36.0 Å². The molecule has 2 aliphatic heterocycles. The lowest BCUT2D eigenvalue weighted by Gasteiger charge is -2.38. The highest BCUT2D eigenvalue weighted by Gasteiger charge is 2.42. The molecule has 0 aliphatic carbocycles. The maximum Gasteiger partial charge on any atom is 0.254 e. The normalized spacial score (nSPS) is 20.9. The summed E-state index contributed by atoms with van der Waals surface area (Å²) in [5.74, 6) is -1.27. The number of halogens is 2. The van der Waals surface area contributed by atoms with E-state index in [1.807, 2.05) is 11.0 Å². The average Bonchev–Trinajstić information content (AvgIpc) is 3.13. The summed E-state index contributed by atoms with van der Waals surface area (Å²) < 4.78 is 30.1. The van der Waals surface area contributed by atoms with Crippen LogP contribution in [0.15, 0.2) is 54.6 Å². The van der Waals surface area contributed by atoms with Crippen LogP contribution in [-0.2, 0) is 6.42 Å². The Bertz CT molecular complexity index is 1430. The third kappa shape index (κ3) is 5.07. The lowest BCUT2D eigenvalue weighted by atomic mass is 9.90. The van der Waals surface area contributed by atoms with E-state index in [9.17, 15) is 19.6 Å². The highest BCUT2D eigenvalue weighted by Crippen LogP contribution is 2.39. The van der Waals surface area contributed by atoms with Crippen molar-refractivity contribution in [2.24, 2.45) is 5.73 Å². The molecule has 3 atom stereocenters. The van der Waals surface area contributed by atoms with E-state index in [0.29, 0.717) is 33.4 Å². The van der Waals surface area contributed by atoms with Crippen molar-refractivity contribution in [1.29, 1.82) is 5.26 Å². The lowest BCUT2D eigenvalue weighted by molar-refractivity contribution is 0.0575. The number of nitrogens with two attached hydrogens (primary N) is 1. The molecular weight excluding hydrogens is 484 g/mol. The van der Waals surface area contributed by atoms with E-state index in [4.69, 9.17) is 5.73 Å². The first-order valence-corrected chi connectivity index (χ1v) is 13.0. The maximum absolute atomic E-state index is 15.4. The topological polar surface area (TPSA) is 90.3 Å². The Morgan fingerprint density at radius 1 is 1.00 bits per heavy atom. The van der Waals surface area contributed by atoms with Gasteiger partial charge in [0, 0.05) is 35.7 Å². The summed E-state index contributed by atoms with van der Waals surface area (Å²) in [7, 11) is 0. The second-order valence-corrected chi connectivity index (χ2v) is 11.2. The molecule has 196 valence electrons. The zero-order valence-electron chi connectivity index (χ0n) is 21.5. The molecule has 5 rings (SSSR count). The van der Waals surface area contributed by atoms with Crippen molar-refractivity contribution in [3.05, 3.63) is 82.9 Å². The number of carbonyl (C=O) groups excluding carboxylic acids is 1. The summed E-state index contributed by atoms with van der Waals surface area (Å²) in [5.41, 5.74) is 7.94. The Morgan fingerprint density at radius 2 is 1.68 bits per heavy atom. The van der Waals surface area contributed by atoms with Crippen LogP contribution in [0.3, 0.4) is 0 Å². The number of carbonyl (C=O) groups is 1. The molecule has 0 aromatic heterocycles. The van der Waals surface area contributed by atoms with Gasteiger partial charge in [-0.2, -0.15) is 5.26 Å². The molecule has 0 saturated carbocycles. The summed E-state index contributed by atoms with van der Waals surface area (Å²) in [6.45, 7) is 3.32. The maximum atomic E-state index is 15.4. The molecule has 0 unspecified atom stereocenters. The molecule has 2 bridgehead atoms. The molecule has 3 aromatic carbocycles. The number of hydrogen-bond acceptors (Lipinski definition) is 4. The summed E-state index contributed by atoms with van der Waals surface area (Å²) in [6, 6.07) is 16.2. The van der Waals surface area contributed by atoms with Crippen LogP contribution in [0.5, 0.6) is 0 Å². The molecule has 2 heterocycles. The molecule has 1 amide bonds. The monoisotopic (exact) mass is 515 g/mol. The van der Waals surface area contributed by atoms with Gasteiger partial charge in [0.2, 0.25) is 0 Å². The van der Waals surface area contributed by atoms with Crippen LogP contribution in [0, 0.1) is 23.0 Å². The van der Waals surface area contributed by atoms with E-state index < -0.39 is 17.2 Å². The van der Waals surface area contributed by atoms with E-state index in [1.54, 1.807) is 50.2 Å². The van der Waals surface area contributed by atoms with Crippen LogP contribution >= 0.6 is 0 Å². The van der Waals surface area contributed by atoms with Gasteiger partial charge in [-0.1, -0.05) is 24.3 Å². The average molecular weight is 516 g/mol. The first-order chi connectivity index (χ1) is 18.0. The molecule has 0 spiro atoms. The SMILES string of the molecule is CC(C)(O)Cc1ccc(-c2ccc(C(=O)N3[C@@H]4CC[C@H]3C[C@@H](N)C4)cc2-c2ccc(C#N)c(F)c2)c(F)c1. The van der Waals surface area contributed by atoms with Gasteiger partial charge < -0.3 is 15.7 Å². The van der Waals surface area contributed by atoms with Crippen molar-refractivity contribution in [1.82, 2.24) is 4.90 Å². The first kappa shape index (κ1) is 26.0. The molecule has 3 N–H and O–H groups in total. The quantitative estimate of drug-likeness (QED) is 0.464. The van der Waals surface area contributed by atoms with Crippen molar-refractivity contribution in [3.63, 3.8) is 0 Å². The van der Waals surface area contributed by atoms with E-state index >= 15 is 4.39 Å². The number of aliphatic hydroxyl groups is 1. The van der Waals surface area contributed by atoms with Crippen LogP contribution in [0.4, 0.5) is 8.78 Å². The summed E-state index contributed by atoms with van der Waals surface area (Å²) in [4.78, 5) is 15.6. The number of piperidine rings is 1. The van der Waals surface area contributed by atoms with Gasteiger partial charge in [-0.3, -0.25) is 4.79 Å². The third-order valence-corrected chi connectivity index (χ3v) is 7.63. The predicted molar refractivity (Wildman–Crippen MR) is 142 cm³/mol. The number of hydrogen-bond donors (Lipinski definition) is 2. The largest absolute Gasteiger partial charge is 0.390 e. The van der Waals surface area contributed by atoms with Crippen LogP contribution < -0.4 is 5.73 Å². The number of benzene rings is 3. The van der Waals surface area contributed by atoms with Gasteiger partial charge in [0.05, 0.1) is 11.2 Å². The molecule has 2 saturated heterocycles. The van der Waals surface area contributed by atoms with Gasteiger partial charge in [0.15, 0.2) is 0 Å². The number of fused-ring (bicyclic) bond motifs is 2. The van der Waals surface area contributed by atoms with Crippen LogP contribution in [0.25, 0.3) is 22.3 Å². The Balaban J connectivity index is 1.59. The van der Waals surface area contributed by atoms with Crippen LogP contribution in [-0.4, -0.2) is 39.6 Å². The highest BCUT2D eigenvalue weighted by molar-refractivity contribution is 5.98. The number of nitriles is 1. The summed E-state index contributed by atoms with van der Waals surface area (Å²) in [6.07, 6.45) is 3.69. The van der Waals surface area contributed by atoms with E-state index in [0.717, 1.165) is 25.7 Å². The van der Waals surface area contributed by atoms with Crippen molar-refractivity contribution in [3.8, 4) is 28.3 Å². The minimum atomic E-state index is -0.987. The smallest absolute Gasteiger partial charge is 0.254 e. The lowest BCUT2D eigenvalue weighted by Crippen LogP contribution is -2.50. The molecule has 3 aromatic rings. The second kappa shape index (κ2) is 9.94. The second-order valence-electron chi connectivity index (χ2n) is 11.2. The van der Waals surface area contributed by atoms with E-state index in [1.165, 1.54) is 18.2 Å². The number of amides is 1. The Hall–Kier alpha value is -3.60. The fraction of sp³-hybridized carbons (Fsp3) is 0.355. The van der Waals surface area contributed by atoms with Crippen LogP contribution in [0.2, 0.25) is 0 Å². The summed E-state index contributed by atoms with van der Waals surface area (Å²) >= 11 is 0. The number of nitrogens with zero attached hydrogens (tertiary/aromatic N) is 2. The molecular formula is C31H31F2N3O2. The van der Waals surface area contributed by atoms with Crippen LogP contribution in [0.1, 0.15) is 61.0 Å². The fourth-order valence-corrected chi connectivity index (χ4v) is 6.01. The molecule has 0 radical (unpaired) electrons. The van der Waals surface area contributed by atoms with Gasteiger partial charge in [-0.05, 0) is 92.1 Å². The van der Waals surface area contributed by atoms with Crippen molar-refractivity contribution >= 4 is 5.91 Å². The third-order valence-electron chi connectivity index (χ3n) is 7.63. The van der Waals surface area contributed by atoms with Gasteiger partial charge in [0.1, 0.15) is 17.7 Å². The van der Waals surface area contributed by atoms with Crippen molar-refractivity contribution in [2.45, 2.75) is 69.7 Å². The molecule has 2 fully saturated rings. The van der Waals surface area contributed by atoms with Gasteiger partial charge >= 0.3 is 0 Å². The van der Waals surface area contributed by atoms with Gasteiger partial charge in [0.25, 0.3) is 5.91 Å².